The molecule has 0 aromatic heterocycles. The molecule has 1 aliphatic rings. The first-order chi connectivity index (χ1) is 23.5. The van der Waals surface area contributed by atoms with E-state index in [1.165, 1.54) is 34.4 Å². The van der Waals surface area contributed by atoms with E-state index >= 15 is 0 Å². The molecule has 1 heterocycles. The Bertz CT molecular complexity index is 1750. The summed E-state index contributed by atoms with van der Waals surface area (Å²) < 4.78 is 6.78. The second kappa shape index (κ2) is 17.9. The highest BCUT2D eigenvalue weighted by Crippen LogP contribution is 2.46. The van der Waals surface area contributed by atoms with Crippen LogP contribution in [0.3, 0.4) is 0 Å². The first kappa shape index (κ1) is 39.9. The Labute approximate surface area is 299 Å². The molecule has 2 aromatic rings. The van der Waals surface area contributed by atoms with E-state index in [-0.39, 0.29) is 22.8 Å². The van der Waals surface area contributed by atoms with Crippen LogP contribution in [-0.2, 0) is 12.8 Å². The van der Waals surface area contributed by atoms with E-state index < -0.39 is 17.5 Å². The summed E-state index contributed by atoms with van der Waals surface area (Å²) in [5, 5.41) is 31.3. The normalized spacial score (nSPS) is 17.5. The van der Waals surface area contributed by atoms with E-state index in [0.29, 0.717) is 36.1 Å². The highest BCUT2D eigenvalue weighted by Gasteiger charge is 2.36. The number of carboxylic acid groups (broad SMARTS) is 2. The van der Waals surface area contributed by atoms with Gasteiger partial charge in [-0.15, -0.1) is 0 Å². The van der Waals surface area contributed by atoms with Crippen LogP contribution >= 0.6 is 0 Å². The van der Waals surface area contributed by atoms with Gasteiger partial charge in [0.05, 0.1) is 11.1 Å². The number of phenols is 1. The largest absolute Gasteiger partial charge is 0.507 e. The van der Waals surface area contributed by atoms with Crippen LogP contribution in [0.15, 0.2) is 88.6 Å². The zero-order valence-electron chi connectivity index (χ0n) is 31.4. The Morgan fingerprint density at radius 2 is 1.28 bits per heavy atom. The van der Waals surface area contributed by atoms with Crippen LogP contribution in [0.4, 0.5) is 0 Å². The number of aromatic hydroxyl groups is 1. The van der Waals surface area contributed by atoms with Gasteiger partial charge in [-0.3, -0.25) is 0 Å². The number of fused-ring (bicyclic) bond motifs is 1. The van der Waals surface area contributed by atoms with E-state index in [2.05, 4.69) is 65.8 Å². The fourth-order valence-corrected chi connectivity index (χ4v) is 6.20. The van der Waals surface area contributed by atoms with Crippen molar-refractivity contribution in [3.63, 3.8) is 0 Å². The van der Waals surface area contributed by atoms with Crippen LogP contribution in [0.25, 0.3) is 6.08 Å². The Morgan fingerprint density at radius 3 is 1.80 bits per heavy atom. The molecule has 0 saturated heterocycles. The lowest BCUT2D eigenvalue weighted by Gasteiger charge is -2.39. The number of aromatic carboxylic acids is 2. The summed E-state index contributed by atoms with van der Waals surface area (Å²) in [7, 11) is 0. The Kier molecular flexibility index (Phi) is 14.3. The van der Waals surface area contributed by atoms with E-state index in [1.807, 2.05) is 32.9 Å². The molecule has 0 radical (unpaired) electrons. The van der Waals surface area contributed by atoms with Crippen molar-refractivity contribution in [2.45, 2.75) is 119 Å². The minimum absolute atomic E-state index is 0.0424. The number of hydrogen-bond acceptors (Lipinski definition) is 4. The van der Waals surface area contributed by atoms with Crippen molar-refractivity contribution < 1.29 is 29.6 Å². The highest BCUT2D eigenvalue weighted by atomic mass is 16.5. The van der Waals surface area contributed by atoms with Crippen molar-refractivity contribution in [2.24, 2.45) is 0 Å². The van der Waals surface area contributed by atoms with E-state index in [0.717, 1.165) is 42.4 Å². The third-order valence-electron chi connectivity index (χ3n) is 8.94. The number of allylic oxidation sites excluding steroid dienone is 10. The van der Waals surface area contributed by atoms with Gasteiger partial charge in [-0.2, -0.15) is 0 Å². The Hall–Kier alpha value is -4.58. The van der Waals surface area contributed by atoms with Gasteiger partial charge in [0.25, 0.3) is 0 Å². The lowest BCUT2D eigenvalue weighted by molar-refractivity contribution is 0.0685. The van der Waals surface area contributed by atoms with Crippen molar-refractivity contribution in [1.82, 2.24) is 0 Å². The quantitative estimate of drug-likeness (QED) is 0.162. The number of benzene rings is 2. The average molecular weight is 681 g/mol. The number of carbonyl (C=O) groups is 2. The molecule has 0 fully saturated rings. The SMILES string of the molecule is CC(C)=CCCC(C)=CCc1cc(C(=O)O)cc(C=CC2(C)CC(C=C(C)C)c3cc(C(=O)O)cc(CC=C(C)CCC=C(C)C)c3O2)c1O. The van der Waals surface area contributed by atoms with Gasteiger partial charge in [0.2, 0.25) is 0 Å². The van der Waals surface area contributed by atoms with Gasteiger partial charge in [0, 0.05) is 23.5 Å². The first-order valence-electron chi connectivity index (χ1n) is 17.6. The second-order valence-electron chi connectivity index (χ2n) is 14.7. The van der Waals surface area contributed by atoms with E-state index in [9.17, 15) is 24.9 Å². The predicted molar refractivity (Wildman–Crippen MR) is 206 cm³/mol. The average Bonchev–Trinajstić information content (AvgIpc) is 3.01. The molecule has 1 aliphatic heterocycles. The monoisotopic (exact) mass is 680 g/mol. The van der Waals surface area contributed by atoms with Crippen molar-refractivity contribution >= 4 is 18.0 Å². The maximum atomic E-state index is 12.2. The molecule has 0 amide bonds. The zero-order valence-corrected chi connectivity index (χ0v) is 31.4. The van der Waals surface area contributed by atoms with Crippen LogP contribution in [0.2, 0.25) is 0 Å². The number of phenolic OH excluding ortho intramolecular Hbond substituents is 1. The molecular weight excluding hydrogens is 624 g/mol. The molecule has 3 N–H and O–H groups in total. The fraction of sp³-hybridized carbons (Fsp3) is 0.409. The van der Waals surface area contributed by atoms with Crippen LogP contribution in [-0.4, -0.2) is 32.9 Å². The van der Waals surface area contributed by atoms with Gasteiger partial charge in [-0.05, 0) is 142 Å². The number of carboxylic acids is 2. The summed E-state index contributed by atoms with van der Waals surface area (Å²) in [6.45, 7) is 18.5. The van der Waals surface area contributed by atoms with Crippen molar-refractivity contribution in [2.75, 3.05) is 0 Å². The molecule has 6 nitrogen and oxygen atoms in total. The van der Waals surface area contributed by atoms with Crippen LogP contribution in [0, 0.1) is 0 Å². The number of hydrogen-bond donors (Lipinski definition) is 3. The summed E-state index contributed by atoms with van der Waals surface area (Å²) in [4.78, 5) is 24.3. The summed E-state index contributed by atoms with van der Waals surface area (Å²) >= 11 is 0. The molecule has 0 bridgehead atoms. The summed E-state index contributed by atoms with van der Waals surface area (Å²) in [5.41, 5.74) is 8.14. The van der Waals surface area contributed by atoms with E-state index in [1.54, 1.807) is 18.2 Å². The van der Waals surface area contributed by atoms with Gasteiger partial charge in [0.15, 0.2) is 0 Å². The molecule has 0 aliphatic carbocycles. The minimum atomic E-state index is -1.06. The molecule has 2 atom stereocenters. The van der Waals surface area contributed by atoms with Gasteiger partial charge < -0.3 is 20.1 Å². The maximum Gasteiger partial charge on any atom is 0.335 e. The molecule has 3 rings (SSSR count). The lowest BCUT2D eigenvalue weighted by Crippen LogP contribution is -2.36. The maximum absolute atomic E-state index is 12.2. The zero-order chi connectivity index (χ0) is 37.2. The second-order valence-corrected chi connectivity index (χ2v) is 14.7. The third kappa shape index (κ3) is 11.8. The fourth-order valence-electron chi connectivity index (χ4n) is 6.20. The molecule has 268 valence electrons. The summed E-state index contributed by atoms with van der Waals surface area (Å²) in [5.74, 6) is -1.45. The molecule has 2 aromatic carbocycles. The molecule has 0 saturated carbocycles. The van der Waals surface area contributed by atoms with Crippen molar-refractivity contribution in [3.05, 3.63) is 122 Å². The molecule has 0 spiro atoms. The molecule has 50 heavy (non-hydrogen) atoms. The molecule has 6 heteroatoms. The first-order valence-corrected chi connectivity index (χ1v) is 17.6. The van der Waals surface area contributed by atoms with Gasteiger partial charge in [0.1, 0.15) is 17.1 Å². The summed E-state index contributed by atoms with van der Waals surface area (Å²) in [6, 6.07) is 6.46. The van der Waals surface area contributed by atoms with E-state index in [4.69, 9.17) is 4.74 Å². The number of ether oxygens (including phenoxy) is 1. The van der Waals surface area contributed by atoms with Crippen LogP contribution in [0.1, 0.15) is 143 Å². The van der Waals surface area contributed by atoms with Crippen LogP contribution in [0.5, 0.6) is 11.5 Å². The summed E-state index contributed by atoms with van der Waals surface area (Å²) in [6.07, 6.45) is 19.5. The predicted octanol–water partition coefficient (Wildman–Crippen LogP) is 11.6. The number of rotatable bonds is 15. The Morgan fingerprint density at radius 1 is 0.760 bits per heavy atom. The van der Waals surface area contributed by atoms with Gasteiger partial charge >= 0.3 is 11.9 Å². The topological polar surface area (TPSA) is 104 Å². The van der Waals surface area contributed by atoms with Gasteiger partial charge in [-0.25, -0.2) is 9.59 Å². The van der Waals surface area contributed by atoms with Crippen LogP contribution < -0.4 is 4.74 Å². The Balaban J connectivity index is 2.05. The standard InChI is InChI=1S/C44H56O6/c1-28(2)12-10-14-31(7)16-18-33-23-36(42(46)47)24-34(40(33)45)20-21-44(9)27-38(22-30(5)6)39-26-37(43(48)49)25-35(41(39)50-44)19-17-32(8)15-11-13-29(3)4/h12-13,16-17,20-26,38,45H,10-11,14-15,18-19,27H2,1-9H3,(H,46,47)(H,48,49). The van der Waals surface area contributed by atoms with Crippen molar-refractivity contribution in [1.29, 1.82) is 0 Å². The molecule has 2 unspecified atom stereocenters. The minimum Gasteiger partial charge on any atom is -0.507 e. The van der Waals surface area contributed by atoms with Crippen molar-refractivity contribution in [3.8, 4) is 11.5 Å². The highest BCUT2D eigenvalue weighted by molar-refractivity contribution is 5.90. The smallest absolute Gasteiger partial charge is 0.335 e. The lowest BCUT2D eigenvalue weighted by atomic mass is 9.80. The molecular formula is C44H56O6. The van der Waals surface area contributed by atoms with Gasteiger partial charge in [-0.1, -0.05) is 64.3 Å². The third-order valence-corrected chi connectivity index (χ3v) is 8.94.